The molecule has 0 radical (unpaired) electrons. The van der Waals surface area contributed by atoms with Crippen molar-refractivity contribution in [3.05, 3.63) is 0 Å². The van der Waals surface area contributed by atoms with Crippen LogP contribution >= 0.6 is 0 Å². The van der Waals surface area contributed by atoms with E-state index in [1.54, 1.807) is 14.2 Å². The molecule has 1 spiro atoms. The van der Waals surface area contributed by atoms with E-state index in [2.05, 4.69) is 0 Å². The first-order chi connectivity index (χ1) is 10.1. The van der Waals surface area contributed by atoms with Crippen molar-refractivity contribution in [3.8, 4) is 0 Å². The molecule has 0 atom stereocenters. The third-order valence-electron chi connectivity index (χ3n) is 5.68. The fraction of sp³-hybridized carbons (Fsp3) is 0.875. The highest BCUT2D eigenvalue weighted by molar-refractivity contribution is 6.07. The number of urea groups is 1. The Morgan fingerprint density at radius 2 is 1.67 bits per heavy atom. The Morgan fingerprint density at radius 3 is 2.24 bits per heavy atom. The van der Waals surface area contributed by atoms with Crippen LogP contribution in [0, 0.1) is 0 Å². The summed E-state index contributed by atoms with van der Waals surface area (Å²) >= 11 is 0. The van der Waals surface area contributed by atoms with E-state index in [1.807, 2.05) is 4.90 Å². The predicted octanol–water partition coefficient (Wildman–Crippen LogP) is 2.54. The van der Waals surface area contributed by atoms with Crippen LogP contribution in [-0.4, -0.2) is 53.6 Å². The van der Waals surface area contributed by atoms with Crippen LogP contribution in [-0.2, 0) is 9.53 Å². The number of rotatable bonds is 2. The molecule has 3 fully saturated rings. The van der Waals surface area contributed by atoms with Crippen LogP contribution in [0.25, 0.3) is 0 Å². The fourth-order valence-electron chi connectivity index (χ4n) is 4.48. The number of carbonyl (C=O) groups is 2. The Kier molecular flexibility index (Phi) is 3.95. The molecule has 1 aliphatic heterocycles. The van der Waals surface area contributed by atoms with Crippen LogP contribution in [0.3, 0.4) is 0 Å². The van der Waals surface area contributed by atoms with Crippen LogP contribution in [0.2, 0.25) is 0 Å². The van der Waals surface area contributed by atoms with Crippen molar-refractivity contribution < 1.29 is 14.3 Å². The van der Waals surface area contributed by atoms with Crippen molar-refractivity contribution in [2.24, 2.45) is 0 Å². The average molecular weight is 294 g/mol. The van der Waals surface area contributed by atoms with Crippen LogP contribution in [0.1, 0.15) is 57.8 Å². The number of carbonyl (C=O) groups excluding carboxylic acids is 2. The van der Waals surface area contributed by atoms with E-state index in [-0.39, 0.29) is 18.0 Å². The van der Waals surface area contributed by atoms with Gasteiger partial charge in [-0.05, 0) is 38.5 Å². The maximum Gasteiger partial charge on any atom is 0.327 e. The quantitative estimate of drug-likeness (QED) is 0.735. The second-order valence-electron chi connectivity index (χ2n) is 6.78. The largest absolute Gasteiger partial charge is 0.381 e. The summed E-state index contributed by atoms with van der Waals surface area (Å²) in [6.07, 6.45) is 9.15. The molecule has 21 heavy (non-hydrogen) atoms. The van der Waals surface area contributed by atoms with E-state index in [1.165, 1.54) is 11.3 Å². The molecular formula is C16H26N2O3. The molecule has 1 heterocycles. The summed E-state index contributed by atoms with van der Waals surface area (Å²) in [5, 5.41) is 0. The van der Waals surface area contributed by atoms with Crippen molar-refractivity contribution >= 4 is 11.9 Å². The fourth-order valence-corrected chi connectivity index (χ4v) is 4.48. The molecule has 0 aromatic rings. The molecule has 5 heteroatoms. The van der Waals surface area contributed by atoms with Crippen molar-refractivity contribution in [3.63, 3.8) is 0 Å². The summed E-state index contributed by atoms with van der Waals surface area (Å²) in [6, 6.07) is 0.124. The Bertz CT molecular complexity index is 423. The molecule has 0 unspecified atom stereocenters. The summed E-state index contributed by atoms with van der Waals surface area (Å²) in [4.78, 5) is 28.7. The minimum atomic E-state index is -0.533. The molecule has 5 nitrogen and oxygen atoms in total. The Morgan fingerprint density at radius 1 is 1.05 bits per heavy atom. The second kappa shape index (κ2) is 5.59. The van der Waals surface area contributed by atoms with E-state index >= 15 is 0 Å². The number of methoxy groups -OCH3 is 1. The third kappa shape index (κ3) is 2.26. The van der Waals surface area contributed by atoms with Crippen LogP contribution in [0.5, 0.6) is 0 Å². The maximum atomic E-state index is 12.7. The van der Waals surface area contributed by atoms with Gasteiger partial charge in [0.05, 0.1) is 6.10 Å². The lowest BCUT2D eigenvalue weighted by atomic mass is 9.78. The summed E-state index contributed by atoms with van der Waals surface area (Å²) in [6.45, 7) is 0. The number of hydrogen-bond acceptors (Lipinski definition) is 3. The zero-order valence-corrected chi connectivity index (χ0v) is 13.1. The maximum absolute atomic E-state index is 12.7. The lowest BCUT2D eigenvalue weighted by molar-refractivity contribution is -0.135. The molecule has 2 saturated carbocycles. The molecule has 0 aromatic heterocycles. The van der Waals surface area contributed by atoms with Gasteiger partial charge in [0.2, 0.25) is 0 Å². The first kappa shape index (κ1) is 14.8. The van der Waals surface area contributed by atoms with Crippen LogP contribution in [0.4, 0.5) is 4.79 Å². The zero-order chi connectivity index (χ0) is 15.0. The highest BCUT2D eigenvalue weighted by atomic mass is 16.5. The summed E-state index contributed by atoms with van der Waals surface area (Å²) in [7, 11) is 3.40. The predicted molar refractivity (Wildman–Crippen MR) is 78.9 cm³/mol. The molecule has 3 rings (SSSR count). The van der Waals surface area contributed by atoms with E-state index in [0.717, 1.165) is 51.4 Å². The van der Waals surface area contributed by atoms with Gasteiger partial charge in [0.25, 0.3) is 5.91 Å². The summed E-state index contributed by atoms with van der Waals surface area (Å²) < 4.78 is 5.43. The Labute approximate surface area is 126 Å². The summed E-state index contributed by atoms with van der Waals surface area (Å²) in [5.74, 6) is 0.0288. The van der Waals surface area contributed by atoms with Crippen molar-refractivity contribution in [2.45, 2.75) is 75.5 Å². The molecule has 118 valence electrons. The first-order valence-corrected chi connectivity index (χ1v) is 8.24. The standard InChI is InChI=1S/C16H26N2O3/c1-17-14(19)16(10-4-3-5-11-16)18(15(17)20)12-6-8-13(21-2)9-7-12/h12-13H,3-11H2,1-2H3. The second-order valence-corrected chi connectivity index (χ2v) is 6.78. The van der Waals surface area contributed by atoms with E-state index in [9.17, 15) is 9.59 Å². The SMILES string of the molecule is COC1CCC(N2C(=O)N(C)C(=O)C23CCCCC3)CC1. The number of ether oxygens (including phenoxy) is 1. The topological polar surface area (TPSA) is 49.9 Å². The smallest absolute Gasteiger partial charge is 0.327 e. The molecule has 0 bridgehead atoms. The van der Waals surface area contributed by atoms with Gasteiger partial charge in [0.15, 0.2) is 0 Å². The van der Waals surface area contributed by atoms with Gasteiger partial charge in [-0.2, -0.15) is 0 Å². The first-order valence-electron chi connectivity index (χ1n) is 8.24. The monoisotopic (exact) mass is 294 g/mol. The van der Waals surface area contributed by atoms with E-state index in [0.29, 0.717) is 6.10 Å². The van der Waals surface area contributed by atoms with Gasteiger partial charge >= 0.3 is 6.03 Å². The van der Waals surface area contributed by atoms with E-state index in [4.69, 9.17) is 4.74 Å². The van der Waals surface area contributed by atoms with Crippen molar-refractivity contribution in [1.29, 1.82) is 0 Å². The molecule has 0 N–H and O–H groups in total. The third-order valence-corrected chi connectivity index (χ3v) is 5.68. The van der Waals surface area contributed by atoms with Crippen LogP contribution in [0.15, 0.2) is 0 Å². The Hall–Kier alpha value is -1.10. The van der Waals surface area contributed by atoms with E-state index < -0.39 is 5.54 Å². The Balaban J connectivity index is 1.84. The molecule has 3 aliphatic rings. The van der Waals surface area contributed by atoms with Gasteiger partial charge in [-0.3, -0.25) is 9.69 Å². The lowest BCUT2D eigenvalue weighted by Crippen LogP contribution is -2.56. The lowest BCUT2D eigenvalue weighted by Gasteiger charge is -2.44. The highest BCUT2D eigenvalue weighted by Crippen LogP contribution is 2.43. The normalized spacial score (nSPS) is 33.0. The highest BCUT2D eigenvalue weighted by Gasteiger charge is 2.58. The number of amides is 3. The molecule has 0 aromatic carbocycles. The molecular weight excluding hydrogens is 268 g/mol. The van der Waals surface area contributed by atoms with Gasteiger partial charge in [-0.1, -0.05) is 19.3 Å². The molecule has 2 aliphatic carbocycles. The number of likely N-dealkylation sites (N-methyl/N-ethyl adjacent to an activating group) is 1. The van der Waals surface area contributed by atoms with Crippen molar-refractivity contribution in [1.82, 2.24) is 9.80 Å². The summed E-state index contributed by atoms with van der Waals surface area (Å²) in [5.41, 5.74) is -0.533. The number of nitrogens with zero attached hydrogens (tertiary/aromatic N) is 2. The van der Waals surface area contributed by atoms with Gasteiger partial charge in [0.1, 0.15) is 5.54 Å². The molecule has 1 saturated heterocycles. The van der Waals surface area contributed by atoms with Gasteiger partial charge in [-0.15, -0.1) is 0 Å². The average Bonchev–Trinajstić information content (AvgIpc) is 2.70. The van der Waals surface area contributed by atoms with Crippen LogP contribution < -0.4 is 0 Å². The van der Waals surface area contributed by atoms with Crippen molar-refractivity contribution in [2.75, 3.05) is 14.2 Å². The molecule has 3 amide bonds. The minimum Gasteiger partial charge on any atom is -0.381 e. The minimum absolute atomic E-state index is 0.0288. The van der Waals surface area contributed by atoms with Gasteiger partial charge in [0, 0.05) is 20.2 Å². The zero-order valence-electron chi connectivity index (χ0n) is 13.1. The number of hydrogen-bond donors (Lipinski definition) is 0. The van der Waals surface area contributed by atoms with Gasteiger partial charge in [-0.25, -0.2) is 4.79 Å². The van der Waals surface area contributed by atoms with Gasteiger partial charge < -0.3 is 9.64 Å². The number of imide groups is 1.